The molecule has 0 aliphatic heterocycles. The van der Waals surface area contributed by atoms with Gasteiger partial charge in [0.05, 0.1) is 18.5 Å². The summed E-state index contributed by atoms with van der Waals surface area (Å²) < 4.78 is 25.5. The molecule has 1 aromatic heterocycles. The van der Waals surface area contributed by atoms with E-state index in [-0.39, 0.29) is 24.0 Å². The summed E-state index contributed by atoms with van der Waals surface area (Å²) in [7, 11) is -3.33. The molecule has 0 unspecified atom stereocenters. The number of sulfonamides is 1. The highest BCUT2D eigenvalue weighted by molar-refractivity contribution is 14.0. The van der Waals surface area contributed by atoms with Gasteiger partial charge in [-0.25, -0.2) is 13.4 Å². The van der Waals surface area contributed by atoms with Crippen LogP contribution in [0.25, 0.3) is 0 Å². The monoisotopic (exact) mass is 503 g/mol. The first-order chi connectivity index (χ1) is 12.5. The van der Waals surface area contributed by atoms with E-state index in [4.69, 9.17) is 0 Å². The zero-order valence-corrected chi connectivity index (χ0v) is 18.6. The molecule has 0 saturated heterocycles. The Morgan fingerprint density at radius 3 is 2.52 bits per heavy atom. The number of nitrogens with one attached hydrogen (secondary N) is 3. The fourth-order valence-electron chi connectivity index (χ4n) is 2.32. The van der Waals surface area contributed by atoms with E-state index in [9.17, 15) is 8.42 Å². The zero-order valence-electron chi connectivity index (χ0n) is 15.5. The Morgan fingerprint density at radius 1 is 1.11 bits per heavy atom. The van der Waals surface area contributed by atoms with Gasteiger partial charge in [-0.15, -0.1) is 24.0 Å². The summed E-state index contributed by atoms with van der Waals surface area (Å²) in [5.74, 6) is 0.678. The molecule has 0 atom stereocenters. The number of nitrogens with zero attached hydrogens (tertiary/aromatic N) is 2. The van der Waals surface area contributed by atoms with Crippen LogP contribution in [0.15, 0.2) is 53.7 Å². The summed E-state index contributed by atoms with van der Waals surface area (Å²) in [6.45, 7) is 3.79. The lowest BCUT2D eigenvalue weighted by Crippen LogP contribution is -2.38. The van der Waals surface area contributed by atoms with Crippen LogP contribution in [0.1, 0.15) is 18.2 Å². The van der Waals surface area contributed by atoms with Crippen LogP contribution in [0.5, 0.6) is 0 Å². The second-order valence-corrected chi connectivity index (χ2v) is 7.47. The van der Waals surface area contributed by atoms with Crippen molar-refractivity contribution < 1.29 is 8.42 Å². The summed E-state index contributed by atoms with van der Waals surface area (Å²) >= 11 is 0. The molecule has 1 heterocycles. The minimum atomic E-state index is -3.33. The third kappa shape index (κ3) is 9.05. The summed E-state index contributed by atoms with van der Waals surface area (Å²) in [5.41, 5.74) is 2.36. The number of aromatic nitrogens is 1. The van der Waals surface area contributed by atoms with Gasteiger partial charge in [0.1, 0.15) is 0 Å². The van der Waals surface area contributed by atoms with Crippen molar-refractivity contribution in [3.63, 3.8) is 0 Å². The number of rotatable bonds is 8. The van der Waals surface area contributed by atoms with Gasteiger partial charge >= 0.3 is 0 Å². The molecule has 0 saturated carbocycles. The third-order valence-electron chi connectivity index (χ3n) is 3.46. The van der Waals surface area contributed by atoms with Crippen molar-refractivity contribution in [2.45, 2.75) is 19.9 Å². The largest absolute Gasteiger partial charge is 0.357 e. The number of halogens is 1. The van der Waals surface area contributed by atoms with Gasteiger partial charge in [-0.1, -0.05) is 24.3 Å². The van der Waals surface area contributed by atoms with Crippen molar-refractivity contribution in [2.75, 3.05) is 24.1 Å². The Balaban J connectivity index is 0.00000364. The van der Waals surface area contributed by atoms with Crippen molar-refractivity contribution in [2.24, 2.45) is 4.99 Å². The van der Waals surface area contributed by atoms with Gasteiger partial charge in [0.15, 0.2) is 5.96 Å². The van der Waals surface area contributed by atoms with Gasteiger partial charge in [0.25, 0.3) is 0 Å². The average molecular weight is 503 g/mol. The highest BCUT2D eigenvalue weighted by atomic mass is 127. The molecule has 2 aromatic rings. The first-order valence-electron chi connectivity index (χ1n) is 8.45. The van der Waals surface area contributed by atoms with Crippen molar-refractivity contribution in [3.05, 3.63) is 59.9 Å². The molecule has 0 aliphatic carbocycles. The molecular formula is C18H26IN5O2S. The number of benzene rings is 1. The molecule has 9 heteroatoms. The first-order valence-corrected chi connectivity index (χ1v) is 10.3. The van der Waals surface area contributed by atoms with Crippen molar-refractivity contribution in [1.29, 1.82) is 0 Å². The number of aliphatic imine (C=N–C) groups is 1. The molecule has 1 aromatic carbocycles. The van der Waals surface area contributed by atoms with Crippen LogP contribution in [0.2, 0.25) is 0 Å². The second-order valence-electron chi connectivity index (χ2n) is 5.72. The van der Waals surface area contributed by atoms with Crippen LogP contribution in [-0.2, 0) is 23.0 Å². The number of hydrogen-bond acceptors (Lipinski definition) is 4. The Kier molecular flexibility index (Phi) is 10.1. The van der Waals surface area contributed by atoms with E-state index >= 15 is 0 Å². The van der Waals surface area contributed by atoms with Crippen LogP contribution >= 0.6 is 24.0 Å². The van der Waals surface area contributed by atoms with E-state index in [2.05, 4.69) is 25.3 Å². The maximum absolute atomic E-state index is 11.5. The Bertz CT molecular complexity index is 829. The standard InChI is InChI=1S/C18H25N5O2S.HI/c1-3-19-18(21-13-11-16-9-6-7-12-20-16)22-14-15-8-4-5-10-17(15)23-26(2,24)25;/h4-10,12,23H,3,11,13-14H2,1-2H3,(H2,19,21,22);1H. The number of pyridine rings is 1. The van der Waals surface area contributed by atoms with Gasteiger partial charge < -0.3 is 10.6 Å². The molecule has 0 fully saturated rings. The fraction of sp³-hybridized carbons (Fsp3) is 0.333. The quantitative estimate of drug-likeness (QED) is 0.292. The maximum Gasteiger partial charge on any atom is 0.229 e. The molecular weight excluding hydrogens is 477 g/mol. The summed E-state index contributed by atoms with van der Waals surface area (Å²) in [4.78, 5) is 8.84. The first kappa shape index (κ1) is 23.2. The lowest BCUT2D eigenvalue weighted by molar-refractivity contribution is 0.606. The predicted molar refractivity (Wildman–Crippen MR) is 121 cm³/mol. The molecule has 148 valence electrons. The summed E-state index contributed by atoms with van der Waals surface area (Å²) in [5, 5.41) is 6.45. The number of para-hydroxylation sites is 1. The van der Waals surface area contributed by atoms with Gasteiger partial charge in [-0.05, 0) is 30.7 Å². The van der Waals surface area contributed by atoms with Gasteiger partial charge in [-0.2, -0.15) is 0 Å². The predicted octanol–water partition coefficient (Wildman–Crippen LogP) is 2.37. The average Bonchev–Trinajstić information content (AvgIpc) is 2.60. The van der Waals surface area contributed by atoms with Gasteiger partial charge in [-0.3, -0.25) is 9.71 Å². The minimum Gasteiger partial charge on any atom is -0.357 e. The topological polar surface area (TPSA) is 95.5 Å². The fourth-order valence-corrected chi connectivity index (χ4v) is 2.92. The van der Waals surface area contributed by atoms with Crippen molar-refractivity contribution >= 4 is 45.6 Å². The molecule has 0 amide bonds. The van der Waals surface area contributed by atoms with E-state index in [1.165, 1.54) is 0 Å². The van der Waals surface area contributed by atoms with Crippen molar-refractivity contribution in [3.8, 4) is 0 Å². The third-order valence-corrected chi connectivity index (χ3v) is 4.05. The normalized spacial score (nSPS) is 11.4. The number of guanidine groups is 1. The SMILES string of the molecule is CCNC(=NCc1ccccc1NS(C)(=O)=O)NCCc1ccccn1.I. The highest BCUT2D eigenvalue weighted by Crippen LogP contribution is 2.17. The molecule has 0 radical (unpaired) electrons. The molecule has 27 heavy (non-hydrogen) atoms. The van der Waals surface area contributed by atoms with Gasteiger partial charge in [0.2, 0.25) is 10.0 Å². The van der Waals surface area contributed by atoms with Crippen LogP contribution in [0.3, 0.4) is 0 Å². The number of hydrogen-bond donors (Lipinski definition) is 3. The Morgan fingerprint density at radius 2 is 1.85 bits per heavy atom. The van der Waals surface area contributed by atoms with E-state index in [0.29, 0.717) is 24.7 Å². The molecule has 3 N–H and O–H groups in total. The summed E-state index contributed by atoms with van der Waals surface area (Å²) in [6.07, 6.45) is 3.70. The van der Waals surface area contributed by atoms with Gasteiger partial charge in [0, 0.05) is 31.4 Å². The smallest absolute Gasteiger partial charge is 0.229 e. The Labute approximate surface area is 178 Å². The van der Waals surface area contributed by atoms with E-state index in [0.717, 1.165) is 30.5 Å². The number of anilines is 1. The molecule has 7 nitrogen and oxygen atoms in total. The minimum absolute atomic E-state index is 0. The van der Waals surface area contributed by atoms with Crippen LogP contribution in [0.4, 0.5) is 5.69 Å². The molecule has 0 aliphatic rings. The van der Waals surface area contributed by atoms with E-state index < -0.39 is 10.0 Å². The van der Waals surface area contributed by atoms with E-state index in [1.54, 1.807) is 18.3 Å². The highest BCUT2D eigenvalue weighted by Gasteiger charge is 2.07. The lowest BCUT2D eigenvalue weighted by Gasteiger charge is -2.12. The Hall–Kier alpha value is -1.88. The van der Waals surface area contributed by atoms with Crippen LogP contribution in [-0.4, -0.2) is 38.7 Å². The maximum atomic E-state index is 11.5. The molecule has 2 rings (SSSR count). The second kappa shape index (κ2) is 11.8. The molecule has 0 spiro atoms. The molecule has 0 bridgehead atoms. The zero-order chi connectivity index (χ0) is 18.8. The van der Waals surface area contributed by atoms with Crippen LogP contribution in [0, 0.1) is 0 Å². The van der Waals surface area contributed by atoms with Crippen molar-refractivity contribution in [1.82, 2.24) is 15.6 Å². The van der Waals surface area contributed by atoms with E-state index in [1.807, 2.05) is 37.3 Å². The van der Waals surface area contributed by atoms with Crippen LogP contribution < -0.4 is 15.4 Å². The lowest BCUT2D eigenvalue weighted by atomic mass is 10.2. The summed E-state index contributed by atoms with van der Waals surface area (Å²) in [6, 6.07) is 13.1.